The van der Waals surface area contributed by atoms with Crippen LogP contribution in [0.4, 0.5) is 4.79 Å². The Morgan fingerprint density at radius 1 is 0.972 bits per heavy atom. The van der Waals surface area contributed by atoms with Crippen LogP contribution in [0.2, 0.25) is 5.02 Å². The standard InChI is InChI=1S/C28H24ClNO6/c1-17(2)26(30-28(33)34-16-18-9-5-3-6-10-18)27(32)36-24-15-23-21(13-22(24)29)20(14-25(31)35-23)19-11-7-4-8-12-19/h3-15,17,26H,16H2,1-2H3,(H,30,33)/t26-/m0/s1. The van der Waals surface area contributed by atoms with Crippen LogP contribution in [0, 0.1) is 5.92 Å². The average molecular weight is 506 g/mol. The maximum absolute atomic E-state index is 13.0. The van der Waals surface area contributed by atoms with Gasteiger partial charge in [-0.15, -0.1) is 0 Å². The van der Waals surface area contributed by atoms with Gasteiger partial charge in [-0.2, -0.15) is 0 Å². The van der Waals surface area contributed by atoms with E-state index in [0.717, 1.165) is 11.1 Å². The largest absolute Gasteiger partial charge is 0.445 e. The molecule has 4 rings (SSSR count). The van der Waals surface area contributed by atoms with E-state index < -0.39 is 23.7 Å². The van der Waals surface area contributed by atoms with Crippen LogP contribution in [-0.4, -0.2) is 18.1 Å². The minimum Gasteiger partial charge on any atom is -0.445 e. The van der Waals surface area contributed by atoms with Gasteiger partial charge in [-0.05, 0) is 28.7 Å². The van der Waals surface area contributed by atoms with Crippen molar-refractivity contribution in [3.63, 3.8) is 0 Å². The number of esters is 1. The van der Waals surface area contributed by atoms with Gasteiger partial charge < -0.3 is 19.2 Å². The Morgan fingerprint density at radius 2 is 1.64 bits per heavy atom. The quantitative estimate of drug-likeness (QED) is 0.189. The zero-order valence-electron chi connectivity index (χ0n) is 19.7. The number of nitrogens with one attached hydrogen (secondary N) is 1. The number of alkyl carbamates (subject to hydrolysis) is 1. The number of amides is 1. The van der Waals surface area contributed by atoms with Crippen LogP contribution in [0.25, 0.3) is 22.1 Å². The molecule has 0 aliphatic rings. The fourth-order valence-corrected chi connectivity index (χ4v) is 3.86. The van der Waals surface area contributed by atoms with Crippen LogP contribution in [0.5, 0.6) is 5.75 Å². The van der Waals surface area contributed by atoms with E-state index in [4.69, 9.17) is 25.5 Å². The van der Waals surface area contributed by atoms with Crippen LogP contribution in [0.1, 0.15) is 19.4 Å². The molecule has 0 bridgehead atoms. The number of rotatable bonds is 7. The van der Waals surface area contributed by atoms with Gasteiger partial charge in [0, 0.05) is 17.5 Å². The highest BCUT2D eigenvalue weighted by Gasteiger charge is 2.28. The van der Waals surface area contributed by atoms with Gasteiger partial charge in [-0.1, -0.05) is 86.1 Å². The zero-order chi connectivity index (χ0) is 25.7. The number of ether oxygens (including phenoxy) is 2. The van der Waals surface area contributed by atoms with Gasteiger partial charge in [0.2, 0.25) is 0 Å². The molecule has 1 aromatic heterocycles. The highest BCUT2D eigenvalue weighted by Crippen LogP contribution is 2.35. The summed E-state index contributed by atoms with van der Waals surface area (Å²) in [5, 5.41) is 3.29. The second kappa shape index (κ2) is 11.1. The van der Waals surface area contributed by atoms with E-state index in [0.29, 0.717) is 10.9 Å². The molecule has 1 atom stereocenters. The molecule has 4 aromatic rings. The summed E-state index contributed by atoms with van der Waals surface area (Å²) < 4.78 is 16.1. The first-order chi connectivity index (χ1) is 17.3. The Bertz CT molecular complexity index is 1430. The number of carbonyl (C=O) groups is 2. The first-order valence-electron chi connectivity index (χ1n) is 11.3. The molecule has 0 saturated carbocycles. The number of hydrogen-bond acceptors (Lipinski definition) is 6. The minimum absolute atomic E-state index is 0.00707. The molecule has 0 radical (unpaired) electrons. The molecule has 3 aromatic carbocycles. The van der Waals surface area contributed by atoms with Crippen molar-refractivity contribution >= 4 is 34.6 Å². The van der Waals surface area contributed by atoms with Crippen LogP contribution in [0.3, 0.4) is 0 Å². The van der Waals surface area contributed by atoms with E-state index in [9.17, 15) is 14.4 Å². The molecule has 7 nitrogen and oxygen atoms in total. The highest BCUT2D eigenvalue weighted by atomic mass is 35.5. The molecule has 8 heteroatoms. The lowest BCUT2D eigenvalue weighted by atomic mass is 10.0. The summed E-state index contributed by atoms with van der Waals surface area (Å²) in [7, 11) is 0. The summed E-state index contributed by atoms with van der Waals surface area (Å²) in [6.07, 6.45) is -0.752. The molecular formula is C28H24ClNO6. The number of halogens is 1. The molecule has 0 aliphatic heterocycles. The summed E-state index contributed by atoms with van der Waals surface area (Å²) in [6, 6.07) is 21.9. The fraction of sp³-hybridized carbons (Fsp3) is 0.179. The van der Waals surface area contributed by atoms with E-state index in [1.165, 1.54) is 12.1 Å². The van der Waals surface area contributed by atoms with E-state index in [-0.39, 0.29) is 28.9 Å². The zero-order valence-corrected chi connectivity index (χ0v) is 20.5. The number of benzene rings is 3. The molecule has 0 saturated heterocycles. The topological polar surface area (TPSA) is 94.8 Å². The minimum atomic E-state index is -0.998. The van der Waals surface area contributed by atoms with Crippen molar-refractivity contribution in [2.75, 3.05) is 0 Å². The summed E-state index contributed by atoms with van der Waals surface area (Å²) >= 11 is 6.45. The van der Waals surface area contributed by atoms with Crippen molar-refractivity contribution in [1.29, 1.82) is 0 Å². The van der Waals surface area contributed by atoms with Gasteiger partial charge in [-0.25, -0.2) is 14.4 Å². The third kappa shape index (κ3) is 5.93. The van der Waals surface area contributed by atoms with Gasteiger partial charge in [0.25, 0.3) is 0 Å². The van der Waals surface area contributed by atoms with E-state index in [1.54, 1.807) is 19.9 Å². The smallest absolute Gasteiger partial charge is 0.408 e. The van der Waals surface area contributed by atoms with Crippen LogP contribution in [-0.2, 0) is 16.1 Å². The van der Waals surface area contributed by atoms with Crippen molar-refractivity contribution in [3.05, 3.63) is 99.9 Å². The summed E-state index contributed by atoms with van der Waals surface area (Å²) in [5.41, 5.74) is 1.93. The Kier molecular flexibility index (Phi) is 7.71. The third-order valence-corrected chi connectivity index (χ3v) is 5.79. The molecule has 0 aliphatic carbocycles. The summed E-state index contributed by atoms with van der Waals surface area (Å²) in [4.78, 5) is 37.5. The molecule has 184 valence electrons. The highest BCUT2D eigenvalue weighted by molar-refractivity contribution is 6.33. The molecule has 0 fully saturated rings. The van der Waals surface area contributed by atoms with Crippen LogP contribution in [0.15, 0.2) is 88.1 Å². The van der Waals surface area contributed by atoms with Gasteiger partial charge in [0.15, 0.2) is 5.75 Å². The number of hydrogen-bond donors (Lipinski definition) is 1. The van der Waals surface area contributed by atoms with Gasteiger partial charge in [0.05, 0.1) is 5.02 Å². The Morgan fingerprint density at radius 3 is 2.31 bits per heavy atom. The van der Waals surface area contributed by atoms with E-state index in [2.05, 4.69) is 5.32 Å². The molecular weight excluding hydrogens is 482 g/mol. The molecule has 0 spiro atoms. The molecule has 36 heavy (non-hydrogen) atoms. The Labute approximate surface area is 212 Å². The molecule has 1 heterocycles. The SMILES string of the molecule is CC(C)[C@H](NC(=O)OCc1ccccc1)C(=O)Oc1cc2oc(=O)cc(-c3ccccc3)c2cc1Cl. The second-order valence-corrected chi connectivity index (χ2v) is 8.88. The van der Waals surface area contributed by atoms with Crippen LogP contribution < -0.4 is 15.7 Å². The maximum Gasteiger partial charge on any atom is 0.408 e. The fourth-order valence-electron chi connectivity index (χ4n) is 3.66. The van der Waals surface area contributed by atoms with Gasteiger partial charge >= 0.3 is 17.7 Å². The Hall–Kier alpha value is -4.10. The predicted molar refractivity (Wildman–Crippen MR) is 137 cm³/mol. The Balaban J connectivity index is 1.53. The number of carbonyl (C=O) groups excluding carboxylic acids is 2. The lowest BCUT2D eigenvalue weighted by Gasteiger charge is -2.21. The van der Waals surface area contributed by atoms with E-state index >= 15 is 0 Å². The first kappa shape index (κ1) is 25.0. The maximum atomic E-state index is 13.0. The third-order valence-electron chi connectivity index (χ3n) is 5.50. The first-order valence-corrected chi connectivity index (χ1v) is 11.7. The predicted octanol–water partition coefficient (Wildman–Crippen LogP) is 5.97. The second-order valence-electron chi connectivity index (χ2n) is 8.47. The van der Waals surface area contributed by atoms with Gasteiger partial charge in [0.1, 0.15) is 18.2 Å². The molecule has 0 unspecified atom stereocenters. The van der Waals surface area contributed by atoms with Crippen LogP contribution >= 0.6 is 11.6 Å². The summed E-state index contributed by atoms with van der Waals surface area (Å²) in [6.45, 7) is 3.58. The van der Waals surface area contributed by atoms with Crippen molar-refractivity contribution in [2.24, 2.45) is 5.92 Å². The monoisotopic (exact) mass is 505 g/mol. The number of fused-ring (bicyclic) bond motifs is 1. The van der Waals surface area contributed by atoms with Crippen molar-refractivity contribution in [3.8, 4) is 16.9 Å². The average Bonchev–Trinajstić information content (AvgIpc) is 2.87. The summed E-state index contributed by atoms with van der Waals surface area (Å²) in [5.74, 6) is -1.03. The lowest BCUT2D eigenvalue weighted by molar-refractivity contribution is -0.137. The van der Waals surface area contributed by atoms with E-state index in [1.807, 2.05) is 60.7 Å². The van der Waals surface area contributed by atoms with Crippen molar-refractivity contribution in [1.82, 2.24) is 5.32 Å². The van der Waals surface area contributed by atoms with Gasteiger partial charge in [-0.3, -0.25) is 0 Å². The van der Waals surface area contributed by atoms with Crippen molar-refractivity contribution in [2.45, 2.75) is 26.5 Å². The normalized spacial score (nSPS) is 11.8. The van der Waals surface area contributed by atoms with Crippen molar-refractivity contribution < 1.29 is 23.5 Å². The molecule has 1 amide bonds. The molecule has 1 N–H and O–H groups in total. The lowest BCUT2D eigenvalue weighted by Crippen LogP contribution is -2.46.